The lowest BCUT2D eigenvalue weighted by Gasteiger charge is -2.23. The van der Waals surface area contributed by atoms with Gasteiger partial charge in [0.2, 0.25) is 5.75 Å². The molecule has 0 aromatic heterocycles. The highest BCUT2D eigenvalue weighted by atomic mass is 19.3. The molecule has 2 aromatic rings. The molecule has 0 aliphatic rings. The summed E-state index contributed by atoms with van der Waals surface area (Å²) < 4.78 is 45.2. The molecule has 2 rings (SSSR count). The first kappa shape index (κ1) is 23.1. The van der Waals surface area contributed by atoms with Crippen LogP contribution in [0.1, 0.15) is 11.1 Å². The summed E-state index contributed by atoms with van der Waals surface area (Å²) in [4.78, 5) is 6.21. The number of guanidine groups is 1. The maximum Gasteiger partial charge on any atom is 0.387 e. The molecule has 1 N–H and O–H groups in total. The monoisotopic (exact) mass is 423 g/mol. The van der Waals surface area contributed by atoms with Crippen molar-refractivity contribution >= 4 is 5.96 Å². The molecule has 0 aliphatic carbocycles. The summed E-state index contributed by atoms with van der Waals surface area (Å²) in [5.41, 5.74) is 1.80. The number of nitrogens with zero attached hydrogens (tertiary/aromatic N) is 2. The second-order valence-electron chi connectivity index (χ2n) is 6.27. The van der Waals surface area contributed by atoms with Crippen LogP contribution in [0.25, 0.3) is 0 Å². The zero-order chi connectivity index (χ0) is 22.1. The molecule has 0 aliphatic heterocycles. The Bertz CT molecular complexity index is 845. The van der Waals surface area contributed by atoms with Gasteiger partial charge in [0.15, 0.2) is 17.5 Å². The third-order valence-corrected chi connectivity index (χ3v) is 4.36. The number of hydrogen-bond acceptors (Lipinski definition) is 5. The fourth-order valence-electron chi connectivity index (χ4n) is 2.99. The van der Waals surface area contributed by atoms with Gasteiger partial charge >= 0.3 is 6.61 Å². The second-order valence-corrected chi connectivity index (χ2v) is 6.27. The van der Waals surface area contributed by atoms with E-state index in [0.29, 0.717) is 36.3 Å². The van der Waals surface area contributed by atoms with Crippen LogP contribution in [0.15, 0.2) is 41.4 Å². The third kappa shape index (κ3) is 5.88. The van der Waals surface area contributed by atoms with E-state index in [4.69, 9.17) is 14.2 Å². The summed E-state index contributed by atoms with van der Waals surface area (Å²) in [5, 5.41) is 3.28. The van der Waals surface area contributed by atoms with E-state index in [1.165, 1.54) is 12.1 Å². The Balaban J connectivity index is 2.05. The Morgan fingerprint density at radius 1 is 1.00 bits per heavy atom. The van der Waals surface area contributed by atoms with Crippen LogP contribution < -0.4 is 24.3 Å². The van der Waals surface area contributed by atoms with E-state index >= 15 is 0 Å². The van der Waals surface area contributed by atoms with Crippen LogP contribution in [-0.4, -0.2) is 52.9 Å². The standard InChI is InChI=1S/C21H27F2N3O4/c1-24-21(26(2)13-14-6-9-16(10-7-14)30-20(22)23)25-12-15-8-11-17(27-3)19(29-5)18(15)28-4/h6-11,20H,12-13H2,1-5H3,(H,24,25). The molecule has 0 atom stereocenters. The number of ether oxygens (including phenoxy) is 4. The highest BCUT2D eigenvalue weighted by molar-refractivity contribution is 5.79. The van der Waals surface area contributed by atoms with E-state index in [1.54, 1.807) is 40.5 Å². The number of alkyl halides is 2. The summed E-state index contributed by atoms with van der Waals surface area (Å²) in [6.07, 6.45) is 0. The minimum absolute atomic E-state index is 0.124. The maximum absolute atomic E-state index is 12.3. The third-order valence-electron chi connectivity index (χ3n) is 4.36. The van der Waals surface area contributed by atoms with Crippen LogP contribution in [0.3, 0.4) is 0 Å². The molecule has 7 nitrogen and oxygen atoms in total. The van der Waals surface area contributed by atoms with Gasteiger partial charge in [0.05, 0.1) is 21.3 Å². The lowest BCUT2D eigenvalue weighted by molar-refractivity contribution is -0.0498. The average Bonchev–Trinajstić information content (AvgIpc) is 2.74. The first-order valence-corrected chi connectivity index (χ1v) is 9.16. The van der Waals surface area contributed by atoms with E-state index < -0.39 is 6.61 Å². The maximum atomic E-state index is 12.3. The van der Waals surface area contributed by atoms with E-state index in [9.17, 15) is 8.78 Å². The Morgan fingerprint density at radius 3 is 2.20 bits per heavy atom. The molecule has 0 saturated carbocycles. The molecule has 0 bridgehead atoms. The summed E-state index contributed by atoms with van der Waals surface area (Å²) in [6.45, 7) is -1.87. The van der Waals surface area contributed by atoms with Crippen molar-refractivity contribution in [3.05, 3.63) is 47.5 Å². The molecular weight excluding hydrogens is 396 g/mol. The highest BCUT2D eigenvalue weighted by Crippen LogP contribution is 2.39. The number of aliphatic imine (C=N–C) groups is 1. The quantitative estimate of drug-likeness (QED) is 0.492. The zero-order valence-corrected chi connectivity index (χ0v) is 17.7. The molecule has 0 spiro atoms. The molecule has 2 aromatic carbocycles. The van der Waals surface area contributed by atoms with Crippen LogP contribution in [0.5, 0.6) is 23.0 Å². The molecule has 0 unspecified atom stereocenters. The Labute approximate surface area is 175 Å². The molecule has 0 saturated heterocycles. The van der Waals surface area contributed by atoms with Gasteiger partial charge < -0.3 is 29.2 Å². The van der Waals surface area contributed by atoms with Crippen LogP contribution in [0.4, 0.5) is 8.78 Å². The normalized spacial score (nSPS) is 11.3. The summed E-state index contributed by atoms with van der Waals surface area (Å²) in [5.74, 6) is 2.46. The van der Waals surface area contributed by atoms with Crippen LogP contribution >= 0.6 is 0 Å². The van der Waals surface area contributed by atoms with E-state index in [1.807, 2.05) is 24.1 Å². The minimum atomic E-state index is -2.84. The number of rotatable bonds is 9. The average molecular weight is 423 g/mol. The summed E-state index contributed by atoms with van der Waals surface area (Å²) in [6, 6.07) is 10.2. The minimum Gasteiger partial charge on any atom is -0.493 e. The first-order valence-electron chi connectivity index (χ1n) is 9.16. The number of methoxy groups -OCH3 is 3. The first-order chi connectivity index (χ1) is 14.4. The van der Waals surface area contributed by atoms with E-state index in [2.05, 4.69) is 15.0 Å². The van der Waals surface area contributed by atoms with Crippen molar-refractivity contribution in [2.75, 3.05) is 35.4 Å². The van der Waals surface area contributed by atoms with Gasteiger partial charge in [-0.25, -0.2) is 0 Å². The van der Waals surface area contributed by atoms with E-state index in [-0.39, 0.29) is 5.75 Å². The van der Waals surface area contributed by atoms with Gasteiger partial charge in [-0.1, -0.05) is 12.1 Å². The van der Waals surface area contributed by atoms with Gasteiger partial charge in [0, 0.05) is 32.7 Å². The molecule has 0 amide bonds. The van der Waals surface area contributed by atoms with Gasteiger partial charge in [-0.15, -0.1) is 0 Å². The van der Waals surface area contributed by atoms with E-state index in [0.717, 1.165) is 11.1 Å². The van der Waals surface area contributed by atoms with Crippen LogP contribution in [0.2, 0.25) is 0 Å². The Morgan fingerprint density at radius 2 is 1.67 bits per heavy atom. The van der Waals surface area contributed by atoms with Crippen LogP contribution in [0, 0.1) is 0 Å². The molecular formula is C21H27F2N3O4. The SMILES string of the molecule is CN=C(NCc1ccc(OC)c(OC)c1OC)N(C)Cc1ccc(OC(F)F)cc1. The van der Waals surface area contributed by atoms with Gasteiger partial charge in [-0.05, 0) is 29.8 Å². The second kappa shape index (κ2) is 11.1. The van der Waals surface area contributed by atoms with Crippen molar-refractivity contribution in [3.63, 3.8) is 0 Å². The van der Waals surface area contributed by atoms with Crippen LogP contribution in [-0.2, 0) is 13.1 Å². The molecule has 0 fully saturated rings. The lowest BCUT2D eigenvalue weighted by Crippen LogP contribution is -2.38. The van der Waals surface area contributed by atoms with Crippen molar-refractivity contribution < 1.29 is 27.7 Å². The predicted molar refractivity (Wildman–Crippen MR) is 111 cm³/mol. The fraction of sp³-hybridized carbons (Fsp3) is 0.381. The number of hydrogen-bond donors (Lipinski definition) is 1. The van der Waals surface area contributed by atoms with Gasteiger partial charge in [-0.3, -0.25) is 4.99 Å². The van der Waals surface area contributed by atoms with Crippen molar-refractivity contribution in [2.45, 2.75) is 19.7 Å². The summed E-state index contributed by atoms with van der Waals surface area (Å²) >= 11 is 0. The number of halogens is 2. The Kier molecular flexibility index (Phi) is 8.52. The number of benzene rings is 2. The van der Waals surface area contributed by atoms with Gasteiger partial charge in [0.25, 0.3) is 0 Å². The molecule has 0 radical (unpaired) electrons. The topological polar surface area (TPSA) is 64.6 Å². The zero-order valence-electron chi connectivity index (χ0n) is 17.7. The number of nitrogens with one attached hydrogen (secondary N) is 1. The fourth-order valence-corrected chi connectivity index (χ4v) is 2.99. The lowest BCUT2D eigenvalue weighted by atomic mass is 10.1. The smallest absolute Gasteiger partial charge is 0.387 e. The van der Waals surface area contributed by atoms with Crippen molar-refractivity contribution in [1.29, 1.82) is 0 Å². The summed E-state index contributed by atoms with van der Waals surface area (Å²) in [7, 11) is 8.26. The largest absolute Gasteiger partial charge is 0.493 e. The molecule has 30 heavy (non-hydrogen) atoms. The van der Waals surface area contributed by atoms with Gasteiger partial charge in [-0.2, -0.15) is 8.78 Å². The molecule has 164 valence electrons. The Hall–Kier alpha value is -3.23. The highest BCUT2D eigenvalue weighted by Gasteiger charge is 2.16. The van der Waals surface area contributed by atoms with Crippen molar-refractivity contribution in [2.24, 2.45) is 4.99 Å². The van der Waals surface area contributed by atoms with Gasteiger partial charge in [0.1, 0.15) is 5.75 Å². The molecule has 9 heteroatoms. The van der Waals surface area contributed by atoms with Crippen molar-refractivity contribution in [1.82, 2.24) is 10.2 Å². The van der Waals surface area contributed by atoms with Crippen molar-refractivity contribution in [3.8, 4) is 23.0 Å². The predicted octanol–water partition coefficient (Wildman–Crippen LogP) is 3.52. The molecule has 0 heterocycles.